The van der Waals surface area contributed by atoms with Crippen LogP contribution in [0.5, 0.6) is 0 Å². The van der Waals surface area contributed by atoms with Crippen LogP contribution >= 0.6 is 0 Å². The van der Waals surface area contributed by atoms with Gasteiger partial charge in [-0.05, 0) is 51.4 Å². The Morgan fingerprint density at radius 1 is 0.393 bits per heavy atom. The highest BCUT2D eigenvalue weighted by Crippen LogP contribution is 2.17. The highest BCUT2D eigenvalue weighted by molar-refractivity contribution is 5.76. The van der Waals surface area contributed by atoms with Gasteiger partial charge < -0.3 is 15.5 Å². The lowest BCUT2D eigenvalue weighted by molar-refractivity contribution is -0.123. The Balaban J connectivity index is 3.47. The van der Waals surface area contributed by atoms with Crippen molar-refractivity contribution in [3.05, 3.63) is 36.5 Å². The Morgan fingerprint density at radius 2 is 0.672 bits per heavy atom. The average molecular weight is 857 g/mol. The molecule has 0 fully saturated rings. The van der Waals surface area contributed by atoms with Gasteiger partial charge >= 0.3 is 0 Å². The van der Waals surface area contributed by atoms with Gasteiger partial charge in [0.25, 0.3) is 0 Å². The van der Waals surface area contributed by atoms with Gasteiger partial charge in [-0.3, -0.25) is 4.79 Å². The largest absolute Gasteiger partial charge is 0.394 e. The first-order chi connectivity index (χ1) is 30.2. The maximum absolute atomic E-state index is 12.5. The Labute approximate surface area is 382 Å². The predicted octanol–water partition coefficient (Wildman–Crippen LogP) is 18.1. The number of allylic oxidation sites excluding steroid dienone is 6. The van der Waals surface area contributed by atoms with Crippen LogP contribution in [0.2, 0.25) is 0 Å². The lowest BCUT2D eigenvalue weighted by atomic mass is 10.0. The molecule has 0 radical (unpaired) electrons. The van der Waals surface area contributed by atoms with E-state index < -0.39 is 12.1 Å². The Morgan fingerprint density at radius 3 is 1.00 bits per heavy atom. The lowest BCUT2D eigenvalue weighted by Gasteiger charge is -2.22. The van der Waals surface area contributed by atoms with Gasteiger partial charge in [0.1, 0.15) is 0 Å². The quantitative estimate of drug-likeness (QED) is 0.0422. The maximum atomic E-state index is 12.5. The van der Waals surface area contributed by atoms with Crippen molar-refractivity contribution in [1.82, 2.24) is 5.32 Å². The van der Waals surface area contributed by atoms with Crippen molar-refractivity contribution in [2.45, 2.75) is 315 Å². The summed E-state index contributed by atoms with van der Waals surface area (Å²) in [5.41, 5.74) is 0. The van der Waals surface area contributed by atoms with E-state index in [0.717, 1.165) is 38.5 Å². The monoisotopic (exact) mass is 856 g/mol. The van der Waals surface area contributed by atoms with Crippen molar-refractivity contribution in [2.75, 3.05) is 6.61 Å². The smallest absolute Gasteiger partial charge is 0.220 e. The number of nitrogens with one attached hydrogen (secondary N) is 1. The number of amides is 1. The number of hydrogen-bond donors (Lipinski definition) is 3. The zero-order valence-electron chi connectivity index (χ0n) is 41.4. The normalized spacial score (nSPS) is 13.0. The van der Waals surface area contributed by atoms with Crippen LogP contribution in [0.1, 0.15) is 303 Å². The molecule has 0 aliphatic carbocycles. The molecule has 0 saturated heterocycles. The molecule has 0 rings (SSSR count). The molecule has 0 bridgehead atoms. The average Bonchev–Trinajstić information content (AvgIpc) is 3.26. The molecular weight excluding hydrogens is 747 g/mol. The van der Waals surface area contributed by atoms with E-state index in [9.17, 15) is 15.0 Å². The SMILES string of the molecule is CCCCCCC/C=C\C/C=C\C/C=C\CCCCCCCCCCCCC(=O)NC(CO)C(O)CCCCCCCCCCCCCCCCCCCCCCCCCC. The van der Waals surface area contributed by atoms with Gasteiger partial charge in [0.2, 0.25) is 5.91 Å². The van der Waals surface area contributed by atoms with Gasteiger partial charge in [0.15, 0.2) is 0 Å². The number of hydrogen-bond acceptors (Lipinski definition) is 3. The molecule has 0 aliphatic rings. The van der Waals surface area contributed by atoms with E-state index in [4.69, 9.17) is 0 Å². The summed E-state index contributed by atoms with van der Waals surface area (Å²) in [6, 6.07) is -0.540. The summed E-state index contributed by atoms with van der Waals surface area (Å²) in [5, 5.41) is 23.3. The van der Waals surface area contributed by atoms with Gasteiger partial charge in [-0.25, -0.2) is 0 Å². The first-order valence-corrected chi connectivity index (χ1v) is 27.7. The molecule has 0 aromatic rings. The number of unbranched alkanes of at least 4 members (excludes halogenated alkanes) is 38. The van der Waals surface area contributed by atoms with Crippen LogP contribution in [-0.2, 0) is 4.79 Å². The van der Waals surface area contributed by atoms with E-state index in [2.05, 4.69) is 55.6 Å². The molecule has 360 valence electrons. The number of carbonyl (C=O) groups excluding carboxylic acids is 1. The maximum Gasteiger partial charge on any atom is 0.220 e. The van der Waals surface area contributed by atoms with Gasteiger partial charge in [-0.2, -0.15) is 0 Å². The van der Waals surface area contributed by atoms with E-state index in [1.165, 1.54) is 238 Å². The second-order valence-electron chi connectivity index (χ2n) is 19.0. The van der Waals surface area contributed by atoms with Crippen LogP contribution < -0.4 is 5.32 Å². The van der Waals surface area contributed by atoms with Crippen LogP contribution in [0.25, 0.3) is 0 Å². The number of aliphatic hydroxyl groups is 2. The van der Waals surface area contributed by atoms with E-state index in [1.54, 1.807) is 0 Å². The summed E-state index contributed by atoms with van der Waals surface area (Å²) in [4.78, 5) is 12.5. The molecule has 3 N–H and O–H groups in total. The van der Waals surface area contributed by atoms with Crippen molar-refractivity contribution >= 4 is 5.91 Å². The van der Waals surface area contributed by atoms with Gasteiger partial charge in [-0.1, -0.05) is 281 Å². The van der Waals surface area contributed by atoms with Crippen LogP contribution in [0.3, 0.4) is 0 Å². The van der Waals surface area contributed by atoms with Crippen molar-refractivity contribution in [2.24, 2.45) is 0 Å². The van der Waals surface area contributed by atoms with Crippen LogP contribution in [0.4, 0.5) is 0 Å². The van der Waals surface area contributed by atoms with Crippen LogP contribution in [0.15, 0.2) is 36.5 Å². The standard InChI is InChI=1S/C57H109NO3/c1-3-5-7-9-11-13-15-17-19-21-23-25-27-29-31-33-35-37-39-41-43-45-47-49-51-53-57(61)58-55(54-59)56(60)52-50-48-46-44-42-40-38-36-34-32-30-28-26-24-22-20-18-16-14-12-10-8-6-4-2/h15,17,21,23,27,29,55-56,59-60H,3-14,16,18-20,22,24-26,28,30-54H2,1-2H3,(H,58,61)/b17-15-,23-21-,29-27-. The third kappa shape index (κ3) is 49.5. The first kappa shape index (κ1) is 59.6. The molecule has 0 saturated carbocycles. The third-order valence-electron chi connectivity index (χ3n) is 12.9. The molecule has 0 spiro atoms. The second-order valence-corrected chi connectivity index (χ2v) is 19.0. The van der Waals surface area contributed by atoms with E-state index >= 15 is 0 Å². The Kier molecular flexibility index (Phi) is 51.7. The summed E-state index contributed by atoms with van der Waals surface area (Å²) in [6.45, 7) is 4.37. The van der Waals surface area contributed by atoms with Crippen LogP contribution in [-0.4, -0.2) is 34.9 Å². The highest BCUT2D eigenvalue weighted by Gasteiger charge is 2.20. The zero-order valence-corrected chi connectivity index (χ0v) is 41.4. The number of aliphatic hydroxyl groups excluding tert-OH is 2. The molecular formula is C57H109NO3. The Hall–Kier alpha value is -1.39. The molecule has 4 nitrogen and oxygen atoms in total. The van der Waals surface area contributed by atoms with Crippen molar-refractivity contribution in [3.8, 4) is 0 Å². The first-order valence-electron chi connectivity index (χ1n) is 27.7. The van der Waals surface area contributed by atoms with E-state index in [-0.39, 0.29) is 12.5 Å². The molecule has 0 aromatic carbocycles. The fourth-order valence-corrected chi connectivity index (χ4v) is 8.66. The minimum atomic E-state index is -0.662. The van der Waals surface area contributed by atoms with Gasteiger partial charge in [-0.15, -0.1) is 0 Å². The zero-order chi connectivity index (χ0) is 44.2. The fourth-order valence-electron chi connectivity index (χ4n) is 8.66. The summed E-state index contributed by atoms with van der Waals surface area (Å²) in [6.07, 6.45) is 71.2. The predicted molar refractivity (Wildman–Crippen MR) is 272 cm³/mol. The number of carbonyl (C=O) groups is 1. The second kappa shape index (κ2) is 53.0. The molecule has 1 amide bonds. The summed E-state index contributed by atoms with van der Waals surface area (Å²) in [7, 11) is 0. The van der Waals surface area contributed by atoms with Crippen LogP contribution in [0, 0.1) is 0 Å². The minimum Gasteiger partial charge on any atom is -0.394 e. The third-order valence-corrected chi connectivity index (χ3v) is 12.9. The fraction of sp³-hybridized carbons (Fsp3) is 0.877. The molecule has 2 unspecified atom stereocenters. The van der Waals surface area contributed by atoms with E-state index in [0.29, 0.717) is 12.8 Å². The lowest BCUT2D eigenvalue weighted by Crippen LogP contribution is -2.45. The van der Waals surface area contributed by atoms with Gasteiger partial charge in [0.05, 0.1) is 18.8 Å². The van der Waals surface area contributed by atoms with E-state index in [1.807, 2.05) is 0 Å². The molecule has 0 aliphatic heterocycles. The summed E-state index contributed by atoms with van der Waals surface area (Å²) >= 11 is 0. The minimum absolute atomic E-state index is 0.0319. The van der Waals surface area contributed by atoms with Crippen molar-refractivity contribution < 1.29 is 15.0 Å². The number of rotatable bonds is 51. The highest BCUT2D eigenvalue weighted by atomic mass is 16.3. The molecule has 0 aromatic heterocycles. The molecule has 2 atom stereocenters. The van der Waals surface area contributed by atoms with Crippen molar-refractivity contribution in [3.63, 3.8) is 0 Å². The van der Waals surface area contributed by atoms with Gasteiger partial charge in [0, 0.05) is 6.42 Å². The molecule has 0 heterocycles. The topological polar surface area (TPSA) is 69.6 Å². The van der Waals surface area contributed by atoms with Crippen molar-refractivity contribution in [1.29, 1.82) is 0 Å². The Bertz CT molecular complexity index is 928. The molecule has 4 heteroatoms. The summed E-state index contributed by atoms with van der Waals surface area (Å²) < 4.78 is 0. The summed E-state index contributed by atoms with van der Waals surface area (Å²) in [5.74, 6) is -0.0319. The molecule has 61 heavy (non-hydrogen) atoms.